The second kappa shape index (κ2) is 8.32. The Kier molecular flexibility index (Phi) is 5.63. The number of aryl methyl sites for hydroxylation is 1. The SMILES string of the molecule is CCc1cccc(NC(=O)Cn2cnc3nc(N4CCSCC4)sc3c2=O)c1. The summed E-state index contributed by atoms with van der Waals surface area (Å²) in [5, 5.41) is 3.68. The largest absolute Gasteiger partial charge is 0.346 e. The molecule has 0 unspecified atom stereocenters. The Bertz CT molecular complexity index is 1060. The molecule has 0 radical (unpaired) electrons. The lowest BCUT2D eigenvalue weighted by molar-refractivity contribution is -0.116. The van der Waals surface area contributed by atoms with Crippen molar-refractivity contribution < 1.29 is 4.79 Å². The van der Waals surface area contributed by atoms with Crippen molar-refractivity contribution in [2.45, 2.75) is 19.9 Å². The number of hydrogen-bond acceptors (Lipinski definition) is 7. The van der Waals surface area contributed by atoms with Gasteiger partial charge in [-0.05, 0) is 24.1 Å². The highest BCUT2D eigenvalue weighted by Crippen LogP contribution is 2.27. The summed E-state index contributed by atoms with van der Waals surface area (Å²) in [6.45, 7) is 3.84. The third kappa shape index (κ3) is 4.05. The maximum atomic E-state index is 12.8. The van der Waals surface area contributed by atoms with Crippen LogP contribution in [0.2, 0.25) is 0 Å². The molecule has 146 valence electrons. The van der Waals surface area contributed by atoms with Crippen molar-refractivity contribution in [2.75, 3.05) is 34.8 Å². The van der Waals surface area contributed by atoms with Gasteiger partial charge in [0, 0.05) is 30.3 Å². The topological polar surface area (TPSA) is 80.1 Å². The molecule has 28 heavy (non-hydrogen) atoms. The van der Waals surface area contributed by atoms with Gasteiger partial charge in [0.05, 0.1) is 0 Å². The molecule has 9 heteroatoms. The van der Waals surface area contributed by atoms with Gasteiger partial charge in [-0.2, -0.15) is 16.7 Å². The fourth-order valence-electron chi connectivity index (χ4n) is 3.06. The molecule has 0 bridgehead atoms. The van der Waals surface area contributed by atoms with Gasteiger partial charge in [-0.15, -0.1) is 0 Å². The molecule has 1 amide bonds. The third-order valence-corrected chi connectivity index (χ3v) is 6.62. The van der Waals surface area contributed by atoms with Crippen LogP contribution < -0.4 is 15.8 Å². The number of nitrogens with zero attached hydrogens (tertiary/aromatic N) is 4. The maximum Gasteiger partial charge on any atom is 0.273 e. The number of nitrogens with one attached hydrogen (secondary N) is 1. The van der Waals surface area contributed by atoms with Crippen LogP contribution in [-0.4, -0.2) is 45.0 Å². The summed E-state index contributed by atoms with van der Waals surface area (Å²) in [6.07, 6.45) is 2.30. The first-order chi connectivity index (χ1) is 13.6. The molecule has 1 N–H and O–H groups in total. The van der Waals surface area contributed by atoms with E-state index in [4.69, 9.17) is 0 Å². The number of amides is 1. The van der Waals surface area contributed by atoms with Crippen LogP contribution in [0.25, 0.3) is 10.3 Å². The first-order valence-corrected chi connectivity index (χ1v) is 11.2. The summed E-state index contributed by atoms with van der Waals surface area (Å²) in [5.41, 5.74) is 2.11. The zero-order valence-electron chi connectivity index (χ0n) is 15.6. The van der Waals surface area contributed by atoms with Crippen LogP contribution in [0.3, 0.4) is 0 Å². The van der Waals surface area contributed by atoms with Gasteiger partial charge in [0.2, 0.25) is 5.91 Å². The zero-order valence-corrected chi connectivity index (χ0v) is 17.2. The van der Waals surface area contributed by atoms with Gasteiger partial charge >= 0.3 is 0 Å². The van der Waals surface area contributed by atoms with Crippen LogP contribution in [0.5, 0.6) is 0 Å². The summed E-state index contributed by atoms with van der Waals surface area (Å²) in [4.78, 5) is 36.2. The number of carbonyl (C=O) groups excluding carboxylic acids is 1. The lowest BCUT2D eigenvalue weighted by atomic mass is 10.1. The molecule has 0 atom stereocenters. The Morgan fingerprint density at radius 2 is 2.11 bits per heavy atom. The van der Waals surface area contributed by atoms with Crippen LogP contribution in [0.1, 0.15) is 12.5 Å². The molecular formula is C19H21N5O2S2. The van der Waals surface area contributed by atoms with E-state index in [2.05, 4.69) is 27.1 Å². The molecule has 1 fully saturated rings. The number of anilines is 2. The second-order valence-corrected chi connectivity index (χ2v) is 8.73. The molecule has 1 aliphatic heterocycles. The van der Waals surface area contributed by atoms with Crippen LogP contribution in [-0.2, 0) is 17.8 Å². The summed E-state index contributed by atoms with van der Waals surface area (Å²) < 4.78 is 1.84. The van der Waals surface area contributed by atoms with E-state index in [9.17, 15) is 9.59 Å². The smallest absolute Gasteiger partial charge is 0.273 e. The predicted octanol–water partition coefficient (Wildman–Crippen LogP) is 2.61. The Balaban J connectivity index is 1.52. The highest BCUT2D eigenvalue weighted by molar-refractivity contribution is 7.99. The Morgan fingerprint density at radius 1 is 1.29 bits per heavy atom. The fourth-order valence-corrected chi connectivity index (χ4v) is 4.99. The average molecular weight is 416 g/mol. The van der Waals surface area contributed by atoms with Gasteiger partial charge in [-0.1, -0.05) is 30.4 Å². The molecule has 4 rings (SSSR count). The number of benzene rings is 1. The maximum absolute atomic E-state index is 12.8. The minimum atomic E-state index is -0.255. The van der Waals surface area contributed by atoms with Crippen molar-refractivity contribution in [1.82, 2.24) is 14.5 Å². The van der Waals surface area contributed by atoms with Crippen molar-refractivity contribution in [1.29, 1.82) is 0 Å². The molecular weight excluding hydrogens is 394 g/mol. The summed E-state index contributed by atoms with van der Waals surface area (Å²) >= 11 is 3.28. The van der Waals surface area contributed by atoms with Crippen molar-refractivity contribution >= 4 is 50.2 Å². The minimum Gasteiger partial charge on any atom is -0.346 e. The summed E-state index contributed by atoms with van der Waals surface area (Å²) in [5.74, 6) is 1.87. The van der Waals surface area contributed by atoms with E-state index < -0.39 is 0 Å². The van der Waals surface area contributed by atoms with Gasteiger partial charge in [0.1, 0.15) is 17.6 Å². The van der Waals surface area contributed by atoms with Crippen LogP contribution >= 0.6 is 23.1 Å². The Morgan fingerprint density at radius 3 is 2.89 bits per heavy atom. The lowest BCUT2D eigenvalue weighted by Crippen LogP contribution is -2.32. The first kappa shape index (κ1) is 18.9. The molecule has 1 aromatic carbocycles. The van der Waals surface area contributed by atoms with E-state index >= 15 is 0 Å². The molecule has 1 saturated heterocycles. The second-order valence-electron chi connectivity index (χ2n) is 6.53. The summed E-state index contributed by atoms with van der Waals surface area (Å²) in [7, 11) is 0. The number of thioether (sulfide) groups is 1. The Labute approximate surface area is 170 Å². The van der Waals surface area contributed by atoms with Gasteiger partial charge in [-0.3, -0.25) is 14.2 Å². The fraction of sp³-hybridized carbons (Fsp3) is 0.368. The van der Waals surface area contributed by atoms with Crippen LogP contribution in [0, 0.1) is 0 Å². The van der Waals surface area contributed by atoms with E-state index in [1.54, 1.807) is 0 Å². The molecule has 0 spiro atoms. The molecule has 0 saturated carbocycles. The number of aromatic nitrogens is 3. The molecule has 7 nitrogen and oxygen atoms in total. The summed E-state index contributed by atoms with van der Waals surface area (Å²) in [6, 6.07) is 7.70. The molecule has 0 aliphatic carbocycles. The van der Waals surface area contributed by atoms with Crippen molar-refractivity contribution in [2.24, 2.45) is 0 Å². The van der Waals surface area contributed by atoms with E-state index in [0.29, 0.717) is 10.3 Å². The zero-order chi connectivity index (χ0) is 19.5. The highest BCUT2D eigenvalue weighted by atomic mass is 32.2. The molecule has 2 aromatic heterocycles. The number of hydrogen-bond donors (Lipinski definition) is 1. The number of thiazole rings is 1. The van der Waals surface area contributed by atoms with Gasteiger partial charge in [0.25, 0.3) is 5.56 Å². The van der Waals surface area contributed by atoms with Crippen molar-refractivity contribution in [3.63, 3.8) is 0 Å². The number of carbonyl (C=O) groups is 1. The predicted molar refractivity (Wildman–Crippen MR) is 116 cm³/mol. The van der Waals surface area contributed by atoms with Crippen LogP contribution in [0.4, 0.5) is 10.8 Å². The van der Waals surface area contributed by atoms with Gasteiger partial charge < -0.3 is 10.2 Å². The molecule has 3 aromatic rings. The van der Waals surface area contributed by atoms with Crippen molar-refractivity contribution in [3.8, 4) is 0 Å². The molecule has 1 aliphatic rings. The molecule has 3 heterocycles. The highest BCUT2D eigenvalue weighted by Gasteiger charge is 2.18. The quantitative estimate of drug-likeness (QED) is 0.690. The van der Waals surface area contributed by atoms with Gasteiger partial charge in [-0.25, -0.2) is 4.98 Å². The van der Waals surface area contributed by atoms with Crippen LogP contribution in [0.15, 0.2) is 35.4 Å². The van der Waals surface area contributed by atoms with Gasteiger partial charge in [0.15, 0.2) is 10.8 Å². The monoisotopic (exact) mass is 415 g/mol. The number of fused-ring (bicyclic) bond motifs is 1. The normalized spacial score (nSPS) is 14.4. The Hall–Kier alpha value is -2.39. The van der Waals surface area contributed by atoms with Crippen molar-refractivity contribution in [3.05, 3.63) is 46.5 Å². The first-order valence-electron chi connectivity index (χ1n) is 9.21. The number of rotatable bonds is 5. The van der Waals surface area contributed by atoms with E-state index in [1.807, 2.05) is 36.0 Å². The van der Waals surface area contributed by atoms with E-state index in [-0.39, 0.29) is 18.0 Å². The lowest BCUT2D eigenvalue weighted by Gasteiger charge is -2.25. The minimum absolute atomic E-state index is 0.0777. The van der Waals surface area contributed by atoms with E-state index in [1.165, 1.54) is 22.2 Å². The average Bonchev–Trinajstić information content (AvgIpc) is 3.16. The third-order valence-electron chi connectivity index (χ3n) is 4.59. The van der Waals surface area contributed by atoms with E-state index in [0.717, 1.165) is 47.4 Å². The standard InChI is InChI=1S/C19H21N5O2S2/c1-2-13-4-3-5-14(10-13)21-15(25)11-24-12-20-17-16(18(24)26)28-19(22-17)23-6-8-27-9-7-23/h3-5,10,12H,2,6-9,11H2,1H3,(H,21,25).